The number of anilines is 1. The second-order valence-corrected chi connectivity index (χ2v) is 4.98. The van der Waals surface area contributed by atoms with Crippen LogP contribution in [0.15, 0.2) is 54.3 Å². The van der Waals surface area contributed by atoms with Gasteiger partial charge < -0.3 is 16.2 Å². The van der Waals surface area contributed by atoms with Crippen molar-refractivity contribution in [1.82, 2.24) is 10.2 Å². The molecule has 22 heavy (non-hydrogen) atoms. The molecule has 1 unspecified atom stereocenters. The van der Waals surface area contributed by atoms with Crippen LogP contribution in [0, 0.1) is 0 Å². The van der Waals surface area contributed by atoms with Gasteiger partial charge in [-0.15, -0.1) is 0 Å². The number of aromatic amines is 1. The van der Waals surface area contributed by atoms with Crippen LogP contribution >= 0.6 is 0 Å². The summed E-state index contributed by atoms with van der Waals surface area (Å²) in [7, 11) is 0. The maximum absolute atomic E-state index is 11.5. The van der Waals surface area contributed by atoms with Gasteiger partial charge >= 0.3 is 0 Å². The van der Waals surface area contributed by atoms with Crippen molar-refractivity contribution in [3.63, 3.8) is 0 Å². The lowest BCUT2D eigenvalue weighted by Gasteiger charge is -2.16. The number of aromatic nitrogens is 2. The number of carbonyl (C=O) groups is 1. The molecule has 0 spiro atoms. The van der Waals surface area contributed by atoms with Crippen molar-refractivity contribution in [3.05, 3.63) is 65.6 Å². The molecule has 0 saturated carbocycles. The second kappa shape index (κ2) is 5.77. The van der Waals surface area contributed by atoms with E-state index in [9.17, 15) is 4.79 Å². The SMILES string of the molecule is NC(=O)c1c(N)n[nH]c1C1C=CC(Oc2ccccc2)=CC1. The number of allylic oxidation sites excluding steroid dienone is 3. The van der Waals surface area contributed by atoms with E-state index in [1.54, 1.807) is 0 Å². The Labute approximate surface area is 127 Å². The monoisotopic (exact) mass is 296 g/mol. The Bertz CT molecular complexity index is 747. The fourth-order valence-corrected chi connectivity index (χ4v) is 2.41. The first kappa shape index (κ1) is 13.9. The zero-order chi connectivity index (χ0) is 15.5. The first-order chi connectivity index (χ1) is 10.6. The molecule has 2 aromatic rings. The highest BCUT2D eigenvalue weighted by molar-refractivity contribution is 5.98. The Balaban J connectivity index is 1.74. The van der Waals surface area contributed by atoms with Crippen molar-refractivity contribution in [2.75, 3.05) is 5.73 Å². The lowest BCUT2D eigenvalue weighted by atomic mass is 9.93. The van der Waals surface area contributed by atoms with Crippen LogP contribution in [0.25, 0.3) is 0 Å². The van der Waals surface area contributed by atoms with Gasteiger partial charge in [0.15, 0.2) is 5.82 Å². The summed E-state index contributed by atoms with van der Waals surface area (Å²) in [6.07, 6.45) is 6.43. The van der Waals surface area contributed by atoms with Crippen molar-refractivity contribution >= 4 is 11.7 Å². The van der Waals surface area contributed by atoms with Gasteiger partial charge in [0.05, 0.1) is 5.69 Å². The lowest BCUT2D eigenvalue weighted by Crippen LogP contribution is -2.16. The maximum atomic E-state index is 11.5. The molecule has 0 radical (unpaired) electrons. The number of hydrogen-bond acceptors (Lipinski definition) is 4. The number of carbonyl (C=O) groups excluding carboxylic acids is 1. The van der Waals surface area contributed by atoms with E-state index in [1.165, 1.54) is 0 Å². The molecule has 1 aromatic carbocycles. The first-order valence-electron chi connectivity index (χ1n) is 6.90. The predicted octanol–water partition coefficient (Wildman–Crippen LogP) is 2.10. The van der Waals surface area contributed by atoms with Crippen LogP contribution in [-0.4, -0.2) is 16.1 Å². The lowest BCUT2D eigenvalue weighted by molar-refractivity contribution is 0.1000. The molecule has 5 N–H and O–H groups in total. The maximum Gasteiger partial charge on any atom is 0.254 e. The second-order valence-electron chi connectivity index (χ2n) is 4.98. The summed E-state index contributed by atoms with van der Waals surface area (Å²) in [6, 6.07) is 9.54. The zero-order valence-electron chi connectivity index (χ0n) is 11.8. The number of benzene rings is 1. The number of H-pyrrole nitrogens is 1. The van der Waals surface area contributed by atoms with Crippen LogP contribution in [0.4, 0.5) is 5.82 Å². The van der Waals surface area contributed by atoms with Crippen molar-refractivity contribution in [2.45, 2.75) is 12.3 Å². The molecule has 0 bridgehead atoms. The Morgan fingerprint density at radius 3 is 2.73 bits per heavy atom. The van der Waals surface area contributed by atoms with Gasteiger partial charge in [-0.2, -0.15) is 5.10 Å². The highest BCUT2D eigenvalue weighted by Crippen LogP contribution is 2.30. The number of nitrogens with one attached hydrogen (secondary N) is 1. The molecular formula is C16H16N4O2. The third-order valence-electron chi connectivity index (χ3n) is 3.48. The number of amides is 1. The summed E-state index contributed by atoms with van der Waals surface area (Å²) in [4.78, 5) is 11.5. The van der Waals surface area contributed by atoms with Gasteiger partial charge in [0, 0.05) is 5.92 Å². The number of hydrogen-bond donors (Lipinski definition) is 3. The third kappa shape index (κ3) is 2.71. The van der Waals surface area contributed by atoms with E-state index in [1.807, 2.05) is 48.6 Å². The number of para-hydroxylation sites is 1. The highest BCUT2D eigenvalue weighted by atomic mass is 16.5. The van der Waals surface area contributed by atoms with Gasteiger partial charge in [-0.25, -0.2) is 0 Å². The molecule has 1 atom stereocenters. The van der Waals surface area contributed by atoms with E-state index in [-0.39, 0.29) is 17.3 Å². The molecule has 0 saturated heterocycles. The molecule has 1 aromatic heterocycles. The minimum atomic E-state index is -0.579. The van der Waals surface area contributed by atoms with E-state index in [4.69, 9.17) is 16.2 Å². The number of rotatable bonds is 4. The standard InChI is InChI=1S/C16H16N4O2/c17-15-13(16(18)21)14(19-20-15)10-6-8-12(9-7-10)22-11-4-2-1-3-5-11/h1-6,8-10H,7H2,(H2,18,21)(H3,17,19,20). The molecule has 6 heteroatoms. The number of nitrogens with two attached hydrogens (primary N) is 2. The average molecular weight is 296 g/mol. The minimum absolute atomic E-state index is 0.0320. The largest absolute Gasteiger partial charge is 0.458 e. The molecular weight excluding hydrogens is 280 g/mol. The normalized spacial score (nSPS) is 17.1. The number of ether oxygens (including phenoxy) is 1. The fraction of sp³-hybridized carbons (Fsp3) is 0.125. The summed E-state index contributed by atoms with van der Waals surface area (Å²) in [5.74, 6) is 1.06. The molecule has 3 rings (SSSR count). The summed E-state index contributed by atoms with van der Waals surface area (Å²) >= 11 is 0. The van der Waals surface area contributed by atoms with Crippen molar-refractivity contribution in [1.29, 1.82) is 0 Å². The van der Waals surface area contributed by atoms with Crippen LogP contribution < -0.4 is 16.2 Å². The molecule has 6 nitrogen and oxygen atoms in total. The summed E-state index contributed by atoms with van der Waals surface area (Å²) < 4.78 is 5.75. The Morgan fingerprint density at radius 1 is 1.32 bits per heavy atom. The molecule has 0 fully saturated rings. The van der Waals surface area contributed by atoms with Crippen LogP contribution in [0.2, 0.25) is 0 Å². The van der Waals surface area contributed by atoms with E-state index < -0.39 is 5.91 Å². The number of primary amides is 1. The molecule has 1 aliphatic carbocycles. The van der Waals surface area contributed by atoms with E-state index in [2.05, 4.69) is 10.2 Å². The Morgan fingerprint density at radius 2 is 2.09 bits per heavy atom. The predicted molar refractivity (Wildman–Crippen MR) is 83.2 cm³/mol. The first-order valence-corrected chi connectivity index (χ1v) is 6.90. The fourth-order valence-electron chi connectivity index (χ4n) is 2.41. The van der Waals surface area contributed by atoms with E-state index in [0.29, 0.717) is 12.1 Å². The quantitative estimate of drug-likeness (QED) is 0.803. The van der Waals surface area contributed by atoms with Crippen LogP contribution in [0.1, 0.15) is 28.4 Å². The molecule has 0 aliphatic heterocycles. The van der Waals surface area contributed by atoms with Gasteiger partial charge in [-0.1, -0.05) is 24.3 Å². The summed E-state index contributed by atoms with van der Waals surface area (Å²) in [5.41, 5.74) is 11.9. The summed E-state index contributed by atoms with van der Waals surface area (Å²) in [5, 5.41) is 6.66. The van der Waals surface area contributed by atoms with Crippen molar-refractivity contribution in [2.24, 2.45) is 5.73 Å². The minimum Gasteiger partial charge on any atom is -0.458 e. The Kier molecular flexibility index (Phi) is 3.65. The van der Waals surface area contributed by atoms with Crippen molar-refractivity contribution < 1.29 is 9.53 Å². The molecule has 1 amide bonds. The van der Waals surface area contributed by atoms with Crippen LogP contribution in [-0.2, 0) is 0 Å². The number of nitrogens with zero attached hydrogens (tertiary/aromatic N) is 1. The molecule has 112 valence electrons. The third-order valence-corrected chi connectivity index (χ3v) is 3.48. The van der Waals surface area contributed by atoms with E-state index in [0.717, 1.165) is 11.5 Å². The van der Waals surface area contributed by atoms with Gasteiger partial charge in [0.2, 0.25) is 0 Å². The van der Waals surface area contributed by atoms with Gasteiger partial charge in [0.25, 0.3) is 5.91 Å². The highest BCUT2D eigenvalue weighted by Gasteiger charge is 2.23. The average Bonchev–Trinajstić information content (AvgIpc) is 2.91. The Hall–Kier alpha value is -3.02. The van der Waals surface area contributed by atoms with Gasteiger partial charge in [0.1, 0.15) is 17.1 Å². The van der Waals surface area contributed by atoms with Crippen molar-refractivity contribution in [3.8, 4) is 5.75 Å². The van der Waals surface area contributed by atoms with Crippen LogP contribution in [0.3, 0.4) is 0 Å². The smallest absolute Gasteiger partial charge is 0.254 e. The van der Waals surface area contributed by atoms with E-state index >= 15 is 0 Å². The van der Waals surface area contributed by atoms with Gasteiger partial charge in [-0.3, -0.25) is 9.89 Å². The summed E-state index contributed by atoms with van der Waals surface area (Å²) in [6.45, 7) is 0. The molecule has 1 heterocycles. The van der Waals surface area contributed by atoms with Crippen LogP contribution in [0.5, 0.6) is 5.75 Å². The molecule has 1 aliphatic rings. The zero-order valence-corrected chi connectivity index (χ0v) is 11.8. The topological polar surface area (TPSA) is 107 Å². The number of nitrogen functional groups attached to an aromatic ring is 1. The van der Waals surface area contributed by atoms with Gasteiger partial charge in [-0.05, 0) is 30.7 Å².